The summed E-state index contributed by atoms with van der Waals surface area (Å²) in [7, 11) is 1.71. The molecule has 5 heteroatoms. The number of hydrogen-bond donors (Lipinski definition) is 1. The molecule has 0 radical (unpaired) electrons. The molecule has 1 aromatic rings. The largest absolute Gasteiger partial charge is 0.396 e. The number of aliphatic hydroxyl groups is 1. The van der Waals surface area contributed by atoms with E-state index in [1.807, 2.05) is 6.92 Å². The van der Waals surface area contributed by atoms with Gasteiger partial charge in [0, 0.05) is 32.6 Å². The average molecular weight is 239 g/mol. The molecule has 1 aliphatic rings. The standard InChI is InChI=1S/C12H21N3O2/c1-4-12(2,17-3)11-14-13-10-6-5-9(8-16)7-15(10)11/h9,16H,4-8H2,1-3H3. The molecule has 2 heterocycles. The second kappa shape index (κ2) is 4.74. The van der Waals surface area contributed by atoms with Crippen molar-refractivity contribution in [3.8, 4) is 0 Å². The van der Waals surface area contributed by atoms with Crippen molar-refractivity contribution in [2.24, 2.45) is 5.92 Å². The predicted molar refractivity (Wildman–Crippen MR) is 63.6 cm³/mol. The van der Waals surface area contributed by atoms with E-state index in [0.29, 0.717) is 5.92 Å². The van der Waals surface area contributed by atoms with Gasteiger partial charge in [0.05, 0.1) is 0 Å². The zero-order valence-electron chi connectivity index (χ0n) is 10.8. The first kappa shape index (κ1) is 12.5. The van der Waals surface area contributed by atoms with Gasteiger partial charge in [-0.15, -0.1) is 10.2 Å². The van der Waals surface area contributed by atoms with Crippen LogP contribution in [0.25, 0.3) is 0 Å². The van der Waals surface area contributed by atoms with Crippen LogP contribution in [0.4, 0.5) is 0 Å². The van der Waals surface area contributed by atoms with E-state index in [4.69, 9.17) is 4.74 Å². The molecule has 0 bridgehead atoms. The molecule has 0 spiro atoms. The number of rotatable bonds is 4. The Bertz CT molecular complexity index is 385. The van der Waals surface area contributed by atoms with Crippen molar-refractivity contribution >= 4 is 0 Å². The molecule has 0 amide bonds. The first-order chi connectivity index (χ1) is 8.14. The monoisotopic (exact) mass is 239 g/mol. The molecular weight excluding hydrogens is 218 g/mol. The molecule has 1 aliphatic heterocycles. The summed E-state index contributed by atoms with van der Waals surface area (Å²) in [6.07, 6.45) is 2.73. The molecule has 2 unspecified atom stereocenters. The maximum Gasteiger partial charge on any atom is 0.165 e. The molecule has 1 aromatic heterocycles. The summed E-state index contributed by atoms with van der Waals surface area (Å²) in [5, 5.41) is 17.8. The first-order valence-corrected chi connectivity index (χ1v) is 6.23. The van der Waals surface area contributed by atoms with Crippen molar-refractivity contribution in [2.75, 3.05) is 13.7 Å². The molecule has 0 saturated carbocycles. The van der Waals surface area contributed by atoms with E-state index in [9.17, 15) is 5.11 Å². The highest BCUT2D eigenvalue weighted by Crippen LogP contribution is 2.30. The first-order valence-electron chi connectivity index (χ1n) is 6.23. The Morgan fingerprint density at radius 1 is 1.53 bits per heavy atom. The van der Waals surface area contributed by atoms with E-state index in [2.05, 4.69) is 21.7 Å². The van der Waals surface area contributed by atoms with Gasteiger partial charge in [-0.05, 0) is 19.8 Å². The van der Waals surface area contributed by atoms with Crippen molar-refractivity contribution < 1.29 is 9.84 Å². The topological polar surface area (TPSA) is 60.2 Å². The summed E-state index contributed by atoms with van der Waals surface area (Å²) in [5.41, 5.74) is -0.386. The minimum Gasteiger partial charge on any atom is -0.396 e. The highest BCUT2D eigenvalue weighted by atomic mass is 16.5. The van der Waals surface area contributed by atoms with E-state index in [-0.39, 0.29) is 12.2 Å². The van der Waals surface area contributed by atoms with Crippen LogP contribution in [-0.2, 0) is 23.3 Å². The zero-order valence-corrected chi connectivity index (χ0v) is 10.8. The van der Waals surface area contributed by atoms with Crippen molar-refractivity contribution in [3.05, 3.63) is 11.6 Å². The summed E-state index contributed by atoms with van der Waals surface area (Å²) in [6, 6.07) is 0. The van der Waals surface area contributed by atoms with Gasteiger partial charge in [0.15, 0.2) is 5.82 Å². The molecule has 17 heavy (non-hydrogen) atoms. The van der Waals surface area contributed by atoms with Gasteiger partial charge >= 0.3 is 0 Å². The maximum atomic E-state index is 9.28. The van der Waals surface area contributed by atoms with Crippen molar-refractivity contribution in [1.29, 1.82) is 0 Å². The highest BCUT2D eigenvalue weighted by molar-refractivity contribution is 5.07. The number of hydrogen-bond acceptors (Lipinski definition) is 4. The number of aliphatic hydroxyl groups excluding tert-OH is 1. The summed E-state index contributed by atoms with van der Waals surface area (Å²) < 4.78 is 7.70. The van der Waals surface area contributed by atoms with E-state index in [1.54, 1.807) is 7.11 Å². The highest BCUT2D eigenvalue weighted by Gasteiger charge is 2.33. The second-order valence-corrected chi connectivity index (χ2v) is 4.93. The third-order valence-corrected chi connectivity index (χ3v) is 3.90. The van der Waals surface area contributed by atoms with Crippen molar-refractivity contribution in [3.63, 3.8) is 0 Å². The summed E-state index contributed by atoms with van der Waals surface area (Å²) in [4.78, 5) is 0. The average Bonchev–Trinajstić information content (AvgIpc) is 2.81. The zero-order chi connectivity index (χ0) is 12.5. The third-order valence-electron chi connectivity index (χ3n) is 3.90. The van der Waals surface area contributed by atoms with Crippen LogP contribution in [0.1, 0.15) is 38.3 Å². The Kier molecular flexibility index (Phi) is 3.49. The molecule has 0 fully saturated rings. The Hall–Kier alpha value is -0.940. The SMILES string of the molecule is CCC(C)(OC)c1nnc2n1CC(CO)CC2. The van der Waals surface area contributed by atoms with Crippen LogP contribution in [0.5, 0.6) is 0 Å². The number of aryl methyl sites for hydroxylation is 1. The van der Waals surface area contributed by atoms with Crippen LogP contribution in [0.15, 0.2) is 0 Å². The normalized spacial score (nSPS) is 23.2. The van der Waals surface area contributed by atoms with E-state index in [0.717, 1.165) is 37.5 Å². The van der Waals surface area contributed by atoms with Crippen LogP contribution in [0.3, 0.4) is 0 Å². The smallest absolute Gasteiger partial charge is 0.165 e. The molecule has 0 aromatic carbocycles. The Morgan fingerprint density at radius 3 is 2.88 bits per heavy atom. The molecular formula is C12H21N3O2. The third kappa shape index (κ3) is 2.09. The molecule has 1 N–H and O–H groups in total. The molecule has 5 nitrogen and oxygen atoms in total. The number of methoxy groups -OCH3 is 1. The summed E-state index contributed by atoms with van der Waals surface area (Å²) in [6.45, 7) is 5.14. The molecule has 2 rings (SSSR count). The van der Waals surface area contributed by atoms with E-state index in [1.165, 1.54) is 0 Å². The second-order valence-electron chi connectivity index (χ2n) is 4.93. The summed E-state index contributed by atoms with van der Waals surface area (Å²) in [5.74, 6) is 2.22. The van der Waals surface area contributed by atoms with Gasteiger partial charge in [-0.3, -0.25) is 0 Å². The van der Waals surface area contributed by atoms with Crippen LogP contribution in [-0.4, -0.2) is 33.6 Å². The van der Waals surface area contributed by atoms with E-state index >= 15 is 0 Å². The molecule has 96 valence electrons. The van der Waals surface area contributed by atoms with Gasteiger partial charge in [-0.25, -0.2) is 0 Å². The number of ether oxygens (including phenoxy) is 1. The lowest BCUT2D eigenvalue weighted by molar-refractivity contribution is -0.0135. The van der Waals surface area contributed by atoms with Gasteiger partial charge in [-0.2, -0.15) is 0 Å². The molecule has 2 atom stereocenters. The van der Waals surface area contributed by atoms with Crippen LogP contribution >= 0.6 is 0 Å². The Balaban J connectivity index is 2.35. The molecule has 0 saturated heterocycles. The van der Waals surface area contributed by atoms with E-state index < -0.39 is 0 Å². The predicted octanol–water partition coefficient (Wildman–Crippen LogP) is 1.10. The number of fused-ring (bicyclic) bond motifs is 1. The fraction of sp³-hybridized carbons (Fsp3) is 0.833. The lowest BCUT2D eigenvalue weighted by Crippen LogP contribution is -2.32. The van der Waals surface area contributed by atoms with Gasteiger partial charge in [0.25, 0.3) is 0 Å². The lowest BCUT2D eigenvalue weighted by Gasteiger charge is -2.29. The van der Waals surface area contributed by atoms with Gasteiger partial charge in [0.2, 0.25) is 0 Å². The fourth-order valence-electron chi connectivity index (χ4n) is 2.33. The van der Waals surface area contributed by atoms with Crippen LogP contribution in [0.2, 0.25) is 0 Å². The minimum absolute atomic E-state index is 0.229. The molecule has 0 aliphatic carbocycles. The van der Waals surface area contributed by atoms with Crippen molar-refractivity contribution in [2.45, 2.75) is 45.3 Å². The van der Waals surface area contributed by atoms with Gasteiger partial charge in [0.1, 0.15) is 11.4 Å². The van der Waals surface area contributed by atoms with Crippen molar-refractivity contribution in [1.82, 2.24) is 14.8 Å². The number of nitrogens with zero attached hydrogens (tertiary/aromatic N) is 3. The fourth-order valence-corrected chi connectivity index (χ4v) is 2.33. The quantitative estimate of drug-likeness (QED) is 0.855. The number of aromatic nitrogens is 3. The maximum absolute atomic E-state index is 9.28. The van der Waals surface area contributed by atoms with Crippen LogP contribution < -0.4 is 0 Å². The Morgan fingerprint density at radius 2 is 2.29 bits per heavy atom. The summed E-state index contributed by atoms with van der Waals surface area (Å²) >= 11 is 0. The Labute approximate surface area is 102 Å². The van der Waals surface area contributed by atoms with Gasteiger partial charge in [-0.1, -0.05) is 6.92 Å². The lowest BCUT2D eigenvalue weighted by atomic mass is 9.97. The van der Waals surface area contributed by atoms with Crippen LogP contribution in [0, 0.1) is 5.92 Å². The minimum atomic E-state index is -0.386. The van der Waals surface area contributed by atoms with Gasteiger partial charge < -0.3 is 14.4 Å².